The summed E-state index contributed by atoms with van der Waals surface area (Å²) in [5, 5.41) is 22.9. The molecule has 1 atom stereocenters. The van der Waals surface area contributed by atoms with Crippen LogP contribution in [0.2, 0.25) is 0 Å². The van der Waals surface area contributed by atoms with Crippen LogP contribution in [-0.4, -0.2) is 35.9 Å². The molecule has 0 radical (unpaired) electrons. The van der Waals surface area contributed by atoms with E-state index in [1.807, 2.05) is 61.5 Å². The highest BCUT2D eigenvalue weighted by atomic mass is 16.5. The van der Waals surface area contributed by atoms with Gasteiger partial charge >= 0.3 is 5.97 Å². The van der Waals surface area contributed by atoms with Gasteiger partial charge in [-0.25, -0.2) is 4.79 Å². The first kappa shape index (κ1) is 22.7. The number of carboxylic acids is 1. The fourth-order valence-electron chi connectivity index (χ4n) is 3.44. The van der Waals surface area contributed by atoms with Gasteiger partial charge in [-0.15, -0.1) is 0 Å². The molecule has 5 heteroatoms. The third-order valence-electron chi connectivity index (χ3n) is 5.20. The average molecular weight is 420 g/mol. The highest BCUT2D eigenvalue weighted by Crippen LogP contribution is 2.24. The quantitative estimate of drug-likeness (QED) is 0.400. The average Bonchev–Trinajstić information content (AvgIpc) is 2.81. The van der Waals surface area contributed by atoms with E-state index in [0.29, 0.717) is 18.7 Å². The maximum atomic E-state index is 11.4. The summed E-state index contributed by atoms with van der Waals surface area (Å²) >= 11 is 0. The van der Waals surface area contributed by atoms with E-state index < -0.39 is 12.1 Å². The van der Waals surface area contributed by atoms with E-state index in [1.165, 1.54) is 5.56 Å². The van der Waals surface area contributed by atoms with Gasteiger partial charge in [-0.2, -0.15) is 0 Å². The molecule has 3 N–H and O–H groups in total. The molecule has 0 heterocycles. The molecule has 3 rings (SSSR count). The topological polar surface area (TPSA) is 78.8 Å². The highest BCUT2D eigenvalue weighted by Gasteiger charge is 2.12. The molecule has 5 nitrogen and oxygen atoms in total. The lowest BCUT2D eigenvalue weighted by molar-refractivity contribution is 0.0688. The number of aliphatic hydroxyl groups is 1. The number of carboxylic acid groups (broad SMARTS) is 1. The van der Waals surface area contributed by atoms with E-state index in [4.69, 9.17) is 4.74 Å². The molecule has 0 fully saturated rings. The van der Waals surface area contributed by atoms with E-state index in [0.717, 1.165) is 29.7 Å². The van der Waals surface area contributed by atoms with E-state index in [9.17, 15) is 15.0 Å². The Hall–Kier alpha value is -2.99. The van der Waals surface area contributed by atoms with Gasteiger partial charge in [0.25, 0.3) is 0 Å². The molecule has 3 aromatic carbocycles. The molecule has 0 saturated heterocycles. The molecule has 0 bridgehead atoms. The number of carbonyl (C=O) groups is 1. The maximum absolute atomic E-state index is 11.4. The molecular formula is C26H29NO4. The van der Waals surface area contributed by atoms with Crippen molar-refractivity contribution in [3.63, 3.8) is 0 Å². The Morgan fingerprint density at radius 1 is 1.00 bits per heavy atom. The lowest BCUT2D eigenvalue weighted by atomic mass is 9.98. The van der Waals surface area contributed by atoms with Crippen molar-refractivity contribution in [2.45, 2.75) is 26.1 Å². The molecule has 0 aliphatic carbocycles. The summed E-state index contributed by atoms with van der Waals surface area (Å²) in [6.45, 7) is 3.99. The van der Waals surface area contributed by atoms with Gasteiger partial charge in [0.05, 0.1) is 18.3 Å². The van der Waals surface area contributed by atoms with Crippen LogP contribution in [0.1, 0.15) is 40.1 Å². The molecule has 0 aromatic heterocycles. The Labute approximate surface area is 183 Å². The fraction of sp³-hybridized carbons (Fsp3) is 0.269. The fourth-order valence-corrected chi connectivity index (χ4v) is 3.44. The third kappa shape index (κ3) is 6.49. The van der Waals surface area contributed by atoms with Crippen molar-refractivity contribution in [3.8, 4) is 11.1 Å². The number of aromatic carboxylic acids is 1. The minimum absolute atomic E-state index is 0.276. The number of benzene rings is 3. The second-order valence-corrected chi connectivity index (χ2v) is 7.39. The van der Waals surface area contributed by atoms with Crippen LogP contribution in [0.25, 0.3) is 11.1 Å². The number of rotatable bonds is 11. The summed E-state index contributed by atoms with van der Waals surface area (Å²) in [6.07, 6.45) is 0.346. The number of hydrogen-bond acceptors (Lipinski definition) is 4. The summed E-state index contributed by atoms with van der Waals surface area (Å²) in [7, 11) is 0. The Bertz CT molecular complexity index is 970. The highest BCUT2D eigenvalue weighted by molar-refractivity contribution is 5.90. The standard InChI is InChI=1S/C26H29NO4/c1-2-31-18-23-16-22(12-13-24(23)26(29)30)20-10-8-19(9-11-20)14-15-27-17-25(28)21-6-4-3-5-7-21/h3-13,16,25,27-28H,2,14-15,17-18H2,1H3,(H,29,30)/t25-/m0/s1. The zero-order valence-corrected chi connectivity index (χ0v) is 17.8. The minimum Gasteiger partial charge on any atom is -0.478 e. The van der Waals surface area contributed by atoms with Crippen LogP contribution in [0.5, 0.6) is 0 Å². The van der Waals surface area contributed by atoms with Gasteiger partial charge in [0.2, 0.25) is 0 Å². The van der Waals surface area contributed by atoms with Crippen LogP contribution in [0.4, 0.5) is 0 Å². The number of nitrogens with one attached hydrogen (secondary N) is 1. The van der Waals surface area contributed by atoms with Crippen LogP contribution >= 0.6 is 0 Å². The minimum atomic E-state index is -0.943. The summed E-state index contributed by atoms with van der Waals surface area (Å²) in [4.78, 5) is 11.4. The summed E-state index contributed by atoms with van der Waals surface area (Å²) < 4.78 is 5.43. The van der Waals surface area contributed by atoms with Crippen molar-refractivity contribution in [1.82, 2.24) is 5.32 Å². The second kappa shape index (κ2) is 11.4. The molecule has 0 spiro atoms. The van der Waals surface area contributed by atoms with Crippen molar-refractivity contribution in [1.29, 1.82) is 0 Å². The molecule has 31 heavy (non-hydrogen) atoms. The van der Waals surface area contributed by atoms with E-state index >= 15 is 0 Å². The van der Waals surface area contributed by atoms with E-state index in [2.05, 4.69) is 17.4 Å². The van der Waals surface area contributed by atoms with Crippen molar-refractivity contribution in [2.75, 3.05) is 19.7 Å². The molecule has 0 aliphatic rings. The first-order chi connectivity index (χ1) is 15.1. The number of hydrogen-bond donors (Lipinski definition) is 3. The number of aliphatic hydroxyl groups excluding tert-OH is 1. The van der Waals surface area contributed by atoms with Crippen molar-refractivity contribution in [2.24, 2.45) is 0 Å². The second-order valence-electron chi connectivity index (χ2n) is 7.39. The SMILES string of the molecule is CCOCc1cc(-c2ccc(CCNC[C@H](O)c3ccccc3)cc2)ccc1C(=O)O. The predicted molar refractivity (Wildman–Crippen MR) is 122 cm³/mol. The summed E-state index contributed by atoms with van der Waals surface area (Å²) in [6, 6.07) is 23.3. The van der Waals surface area contributed by atoms with Gasteiger partial charge < -0.3 is 20.3 Å². The third-order valence-corrected chi connectivity index (χ3v) is 5.20. The molecule has 0 aliphatic heterocycles. The summed E-state index contributed by atoms with van der Waals surface area (Å²) in [5.74, 6) is -0.943. The molecule has 0 unspecified atom stereocenters. The van der Waals surface area contributed by atoms with Crippen LogP contribution < -0.4 is 5.32 Å². The van der Waals surface area contributed by atoms with Crippen molar-refractivity contribution in [3.05, 3.63) is 95.1 Å². The van der Waals surface area contributed by atoms with Crippen LogP contribution in [0, 0.1) is 0 Å². The summed E-state index contributed by atoms with van der Waals surface area (Å²) in [5.41, 5.74) is 5.06. The molecular weight excluding hydrogens is 390 g/mol. The Morgan fingerprint density at radius 2 is 1.71 bits per heavy atom. The van der Waals surface area contributed by atoms with E-state index in [1.54, 1.807) is 6.07 Å². The lowest BCUT2D eigenvalue weighted by Crippen LogP contribution is -2.23. The van der Waals surface area contributed by atoms with Crippen LogP contribution in [0.3, 0.4) is 0 Å². The van der Waals surface area contributed by atoms with Gasteiger partial charge in [0.15, 0.2) is 0 Å². The number of ether oxygens (including phenoxy) is 1. The van der Waals surface area contributed by atoms with Crippen LogP contribution in [0.15, 0.2) is 72.8 Å². The van der Waals surface area contributed by atoms with Gasteiger partial charge in [0.1, 0.15) is 0 Å². The van der Waals surface area contributed by atoms with Crippen molar-refractivity contribution >= 4 is 5.97 Å². The van der Waals surface area contributed by atoms with Crippen LogP contribution in [-0.2, 0) is 17.8 Å². The normalized spacial score (nSPS) is 11.9. The smallest absolute Gasteiger partial charge is 0.336 e. The lowest BCUT2D eigenvalue weighted by Gasteiger charge is -2.12. The van der Waals surface area contributed by atoms with Gasteiger partial charge in [-0.1, -0.05) is 60.7 Å². The Morgan fingerprint density at radius 3 is 2.39 bits per heavy atom. The zero-order chi connectivity index (χ0) is 22.1. The molecule has 0 amide bonds. The largest absolute Gasteiger partial charge is 0.478 e. The Kier molecular flexibility index (Phi) is 8.35. The first-order valence-electron chi connectivity index (χ1n) is 10.6. The predicted octanol–water partition coefficient (Wildman–Crippen LogP) is 4.45. The molecule has 162 valence electrons. The van der Waals surface area contributed by atoms with Gasteiger partial charge in [0, 0.05) is 13.2 Å². The molecule has 0 saturated carbocycles. The Balaban J connectivity index is 1.56. The van der Waals surface area contributed by atoms with Gasteiger partial charge in [-0.05, 0) is 59.8 Å². The maximum Gasteiger partial charge on any atom is 0.336 e. The molecule has 3 aromatic rings. The zero-order valence-electron chi connectivity index (χ0n) is 17.8. The van der Waals surface area contributed by atoms with E-state index in [-0.39, 0.29) is 12.2 Å². The van der Waals surface area contributed by atoms with Gasteiger partial charge in [-0.3, -0.25) is 0 Å². The monoisotopic (exact) mass is 419 g/mol. The first-order valence-corrected chi connectivity index (χ1v) is 10.6. The van der Waals surface area contributed by atoms with Crippen molar-refractivity contribution < 1.29 is 19.7 Å².